The fourth-order valence-electron chi connectivity index (χ4n) is 2.05. The van der Waals surface area contributed by atoms with Crippen LogP contribution in [0.25, 0.3) is 11.3 Å². The average Bonchev–Trinajstić information content (AvgIpc) is 2.91. The summed E-state index contributed by atoms with van der Waals surface area (Å²) in [4.78, 5) is 4.23. The van der Waals surface area contributed by atoms with Crippen molar-refractivity contribution >= 4 is 0 Å². The van der Waals surface area contributed by atoms with Gasteiger partial charge in [-0.2, -0.15) is 0 Å². The van der Waals surface area contributed by atoms with Gasteiger partial charge in [0.25, 0.3) is 0 Å². The molecule has 3 aromatic rings. The maximum atomic E-state index is 13.2. The van der Waals surface area contributed by atoms with E-state index in [0.29, 0.717) is 17.8 Å². The molecule has 0 amide bonds. The Morgan fingerprint density at radius 2 is 1.75 bits per heavy atom. The van der Waals surface area contributed by atoms with Gasteiger partial charge in [-0.1, -0.05) is 30.3 Å². The summed E-state index contributed by atoms with van der Waals surface area (Å²) in [6.07, 6.45) is 3.50. The minimum absolute atomic E-state index is 0.565. The van der Waals surface area contributed by atoms with E-state index in [2.05, 4.69) is 4.98 Å². The number of rotatable bonds is 3. The molecule has 0 radical (unpaired) electrons. The highest BCUT2D eigenvalue weighted by atomic mass is 19.2. The highest BCUT2D eigenvalue weighted by Gasteiger charge is 2.07. The van der Waals surface area contributed by atoms with Crippen LogP contribution in [-0.2, 0) is 6.54 Å². The molecular formula is C16H12F2N2. The molecule has 0 saturated carbocycles. The molecular weight excluding hydrogens is 258 g/mol. The van der Waals surface area contributed by atoms with Crippen molar-refractivity contribution in [3.05, 3.63) is 78.3 Å². The van der Waals surface area contributed by atoms with Crippen LogP contribution in [-0.4, -0.2) is 9.55 Å². The standard InChI is InChI=1S/C16H12F2N2/c17-14-7-6-13(8-15(14)18)16-10-20(11-19-16)9-12-4-2-1-3-5-12/h1-8,10-11H,9H2. The van der Waals surface area contributed by atoms with Crippen molar-refractivity contribution in [2.45, 2.75) is 6.54 Å². The molecule has 0 spiro atoms. The first kappa shape index (κ1) is 12.5. The monoisotopic (exact) mass is 270 g/mol. The molecule has 1 heterocycles. The van der Waals surface area contributed by atoms with Crippen LogP contribution in [0.2, 0.25) is 0 Å². The molecule has 0 aliphatic rings. The van der Waals surface area contributed by atoms with Crippen molar-refractivity contribution in [2.24, 2.45) is 0 Å². The maximum absolute atomic E-state index is 13.2. The van der Waals surface area contributed by atoms with Crippen molar-refractivity contribution in [1.29, 1.82) is 0 Å². The molecule has 0 N–H and O–H groups in total. The van der Waals surface area contributed by atoms with E-state index >= 15 is 0 Å². The summed E-state index contributed by atoms with van der Waals surface area (Å²) in [6, 6.07) is 13.8. The number of aromatic nitrogens is 2. The van der Waals surface area contributed by atoms with Gasteiger partial charge >= 0.3 is 0 Å². The third-order valence-electron chi connectivity index (χ3n) is 3.06. The number of benzene rings is 2. The predicted molar refractivity (Wildman–Crippen MR) is 73.1 cm³/mol. The SMILES string of the molecule is Fc1ccc(-c2cn(Cc3ccccc3)cn2)cc1F. The van der Waals surface area contributed by atoms with E-state index in [4.69, 9.17) is 0 Å². The summed E-state index contributed by atoms with van der Waals surface area (Å²) in [5.41, 5.74) is 2.34. The lowest BCUT2D eigenvalue weighted by atomic mass is 10.1. The second-order valence-electron chi connectivity index (χ2n) is 4.55. The van der Waals surface area contributed by atoms with Crippen LogP contribution < -0.4 is 0 Å². The third-order valence-corrected chi connectivity index (χ3v) is 3.06. The summed E-state index contributed by atoms with van der Waals surface area (Å²) in [6.45, 7) is 0.692. The van der Waals surface area contributed by atoms with E-state index < -0.39 is 11.6 Å². The van der Waals surface area contributed by atoms with Gasteiger partial charge in [0.2, 0.25) is 0 Å². The molecule has 0 saturated heterocycles. The molecule has 2 nitrogen and oxygen atoms in total. The van der Waals surface area contributed by atoms with Crippen LogP contribution in [0, 0.1) is 11.6 Å². The molecule has 2 aromatic carbocycles. The van der Waals surface area contributed by atoms with Gasteiger partial charge < -0.3 is 4.57 Å². The minimum atomic E-state index is -0.861. The first-order valence-electron chi connectivity index (χ1n) is 6.23. The first-order valence-corrected chi connectivity index (χ1v) is 6.23. The Morgan fingerprint density at radius 3 is 2.50 bits per heavy atom. The van der Waals surface area contributed by atoms with Gasteiger partial charge in [-0.25, -0.2) is 13.8 Å². The molecule has 0 aliphatic heterocycles. The van der Waals surface area contributed by atoms with Gasteiger partial charge in [-0.3, -0.25) is 0 Å². The lowest BCUT2D eigenvalue weighted by Crippen LogP contribution is -1.95. The Balaban J connectivity index is 1.84. The Labute approximate surface area is 115 Å². The third kappa shape index (κ3) is 2.59. The summed E-state index contributed by atoms with van der Waals surface area (Å²) >= 11 is 0. The maximum Gasteiger partial charge on any atom is 0.159 e. The van der Waals surface area contributed by atoms with Crippen LogP contribution in [0.5, 0.6) is 0 Å². The van der Waals surface area contributed by atoms with Crippen molar-refractivity contribution < 1.29 is 8.78 Å². The van der Waals surface area contributed by atoms with Gasteiger partial charge in [0, 0.05) is 18.3 Å². The molecule has 20 heavy (non-hydrogen) atoms. The van der Waals surface area contributed by atoms with E-state index in [9.17, 15) is 8.78 Å². The van der Waals surface area contributed by atoms with Crippen LogP contribution in [0.3, 0.4) is 0 Å². The summed E-state index contributed by atoms with van der Waals surface area (Å²) in [5, 5.41) is 0. The van der Waals surface area contributed by atoms with Crippen molar-refractivity contribution in [1.82, 2.24) is 9.55 Å². The molecule has 3 rings (SSSR count). The highest BCUT2D eigenvalue weighted by Crippen LogP contribution is 2.20. The Hall–Kier alpha value is -2.49. The van der Waals surface area contributed by atoms with E-state index in [1.54, 1.807) is 6.33 Å². The summed E-state index contributed by atoms with van der Waals surface area (Å²) in [7, 11) is 0. The van der Waals surface area contributed by atoms with Crippen molar-refractivity contribution in [3.63, 3.8) is 0 Å². The van der Waals surface area contributed by atoms with Crippen LogP contribution in [0.1, 0.15) is 5.56 Å². The van der Waals surface area contributed by atoms with Gasteiger partial charge in [-0.05, 0) is 23.8 Å². The fraction of sp³-hybridized carbons (Fsp3) is 0.0625. The van der Waals surface area contributed by atoms with Gasteiger partial charge in [-0.15, -0.1) is 0 Å². The quantitative estimate of drug-likeness (QED) is 0.706. The number of nitrogens with zero attached hydrogens (tertiary/aromatic N) is 2. The number of hydrogen-bond acceptors (Lipinski definition) is 1. The van der Waals surface area contributed by atoms with E-state index in [-0.39, 0.29) is 0 Å². The van der Waals surface area contributed by atoms with Gasteiger partial charge in [0.15, 0.2) is 11.6 Å². The lowest BCUT2D eigenvalue weighted by molar-refractivity contribution is 0.509. The van der Waals surface area contributed by atoms with Gasteiger partial charge in [0.05, 0.1) is 12.0 Å². The first-order chi connectivity index (χ1) is 9.72. The number of imidazole rings is 1. The average molecular weight is 270 g/mol. The zero-order valence-corrected chi connectivity index (χ0v) is 10.6. The summed E-state index contributed by atoms with van der Waals surface area (Å²) in [5.74, 6) is -1.71. The normalized spacial score (nSPS) is 10.7. The zero-order chi connectivity index (χ0) is 13.9. The van der Waals surface area contributed by atoms with Crippen LogP contribution in [0.15, 0.2) is 61.1 Å². The summed E-state index contributed by atoms with van der Waals surface area (Å²) < 4.78 is 28.0. The molecule has 0 bridgehead atoms. The van der Waals surface area contributed by atoms with Crippen LogP contribution in [0.4, 0.5) is 8.78 Å². The molecule has 0 aliphatic carbocycles. The van der Waals surface area contributed by atoms with E-state index in [0.717, 1.165) is 17.7 Å². The van der Waals surface area contributed by atoms with E-state index in [1.807, 2.05) is 41.1 Å². The van der Waals surface area contributed by atoms with E-state index in [1.165, 1.54) is 6.07 Å². The minimum Gasteiger partial charge on any atom is -0.332 e. The smallest absolute Gasteiger partial charge is 0.159 e. The highest BCUT2D eigenvalue weighted by molar-refractivity contribution is 5.58. The van der Waals surface area contributed by atoms with Crippen LogP contribution >= 0.6 is 0 Å². The second kappa shape index (κ2) is 5.25. The molecule has 1 aromatic heterocycles. The predicted octanol–water partition coefficient (Wildman–Crippen LogP) is 3.88. The Kier molecular flexibility index (Phi) is 3.29. The largest absolute Gasteiger partial charge is 0.332 e. The van der Waals surface area contributed by atoms with Crippen molar-refractivity contribution in [2.75, 3.05) is 0 Å². The lowest BCUT2D eigenvalue weighted by Gasteiger charge is -2.01. The molecule has 100 valence electrons. The molecule has 4 heteroatoms. The second-order valence-corrected chi connectivity index (χ2v) is 4.55. The van der Waals surface area contributed by atoms with Gasteiger partial charge in [0.1, 0.15) is 0 Å². The number of hydrogen-bond donors (Lipinski definition) is 0. The molecule has 0 fully saturated rings. The fourth-order valence-corrected chi connectivity index (χ4v) is 2.05. The molecule has 0 atom stereocenters. The number of halogens is 2. The topological polar surface area (TPSA) is 17.8 Å². The Morgan fingerprint density at radius 1 is 0.950 bits per heavy atom. The Bertz CT molecular complexity index is 720. The molecule has 0 unspecified atom stereocenters. The zero-order valence-electron chi connectivity index (χ0n) is 10.6. The van der Waals surface area contributed by atoms with Crippen molar-refractivity contribution in [3.8, 4) is 11.3 Å².